The highest BCUT2D eigenvalue weighted by atomic mass is 16.6. The predicted octanol–water partition coefficient (Wildman–Crippen LogP) is 3.16. The van der Waals surface area contributed by atoms with Gasteiger partial charge in [-0.15, -0.1) is 0 Å². The standard InChI is InChI=1S/C38H50N2O16/c1-7-29(41)49-19-37(20-50-30(42)8-2,21-51-31(43)9-3)25-55-35(47)39-17-27-14-13-15-28(16-27)18-40-36(48)56-26-38(22-52-32(44)10-4,23-53-33(45)11-5)24-54-34(46)12-6/h7-8,10,13-16H,1-2,4,9,11-12,17-26H2,3,5-6H3,(H,39,47)(H,40,48). The molecule has 0 spiro atoms. The normalized spacial score (nSPS) is 10.7. The molecule has 0 saturated heterocycles. The van der Waals surface area contributed by atoms with Gasteiger partial charge in [0.2, 0.25) is 0 Å². The van der Waals surface area contributed by atoms with Crippen molar-refractivity contribution in [2.45, 2.75) is 53.1 Å². The van der Waals surface area contributed by atoms with Crippen LogP contribution < -0.4 is 10.6 Å². The minimum Gasteiger partial charge on any atom is -0.465 e. The molecule has 0 atom stereocenters. The topological polar surface area (TPSA) is 234 Å². The molecule has 56 heavy (non-hydrogen) atoms. The third-order valence-corrected chi connectivity index (χ3v) is 7.43. The van der Waals surface area contributed by atoms with Crippen molar-refractivity contribution in [3.05, 3.63) is 73.4 Å². The van der Waals surface area contributed by atoms with Crippen LogP contribution in [-0.2, 0) is 79.8 Å². The Bertz CT molecular complexity index is 1510. The zero-order valence-corrected chi connectivity index (χ0v) is 31.9. The zero-order valence-electron chi connectivity index (χ0n) is 31.9. The van der Waals surface area contributed by atoms with Crippen LogP contribution in [0.25, 0.3) is 0 Å². The second kappa shape index (κ2) is 25.8. The molecule has 0 fully saturated rings. The molecule has 0 heterocycles. The molecule has 2 N–H and O–H groups in total. The van der Waals surface area contributed by atoms with Gasteiger partial charge in [-0.3, -0.25) is 14.4 Å². The molecule has 0 aromatic heterocycles. The van der Waals surface area contributed by atoms with Gasteiger partial charge in [0, 0.05) is 50.6 Å². The van der Waals surface area contributed by atoms with Crippen LogP contribution in [0.2, 0.25) is 0 Å². The maximum atomic E-state index is 12.8. The lowest BCUT2D eigenvalue weighted by molar-refractivity contribution is -0.165. The second-order valence-electron chi connectivity index (χ2n) is 12.2. The SMILES string of the molecule is C=CC(=O)OCC(COC(=O)C=C)(COC(=O)CC)COC(=O)NCc1cccc(CNC(=O)OCC(COC(=O)C=C)(COC(=O)CC)COC(=O)CC)c1. The van der Waals surface area contributed by atoms with Crippen molar-refractivity contribution in [1.82, 2.24) is 10.6 Å². The Kier molecular flexibility index (Phi) is 22.0. The molecule has 0 aliphatic heterocycles. The van der Waals surface area contributed by atoms with Gasteiger partial charge in [0.05, 0.1) is 0 Å². The molecule has 18 heteroatoms. The third kappa shape index (κ3) is 19.2. The van der Waals surface area contributed by atoms with Crippen LogP contribution in [0.15, 0.2) is 62.2 Å². The summed E-state index contributed by atoms with van der Waals surface area (Å²) in [6.07, 6.45) is 1.01. The highest BCUT2D eigenvalue weighted by Gasteiger charge is 2.39. The van der Waals surface area contributed by atoms with Crippen molar-refractivity contribution in [2.75, 3.05) is 52.9 Å². The van der Waals surface area contributed by atoms with Gasteiger partial charge >= 0.3 is 48.0 Å². The summed E-state index contributed by atoms with van der Waals surface area (Å²) in [6.45, 7) is 11.0. The molecule has 1 aromatic carbocycles. The molecule has 2 amide bonds. The number of hydrogen-bond acceptors (Lipinski definition) is 16. The number of hydrogen-bond donors (Lipinski definition) is 2. The first kappa shape index (κ1) is 47.8. The average molecular weight is 791 g/mol. The van der Waals surface area contributed by atoms with Crippen molar-refractivity contribution in [3.63, 3.8) is 0 Å². The van der Waals surface area contributed by atoms with Crippen LogP contribution in [-0.4, -0.2) is 101 Å². The first-order chi connectivity index (χ1) is 26.7. The monoisotopic (exact) mass is 790 g/mol. The van der Waals surface area contributed by atoms with Crippen LogP contribution in [0, 0.1) is 10.8 Å². The molecule has 0 saturated carbocycles. The van der Waals surface area contributed by atoms with E-state index in [9.17, 15) is 38.4 Å². The second-order valence-corrected chi connectivity index (χ2v) is 12.2. The first-order valence-corrected chi connectivity index (χ1v) is 17.4. The van der Waals surface area contributed by atoms with Crippen LogP contribution in [0.4, 0.5) is 9.59 Å². The molecule has 308 valence electrons. The minimum atomic E-state index is -1.48. The van der Waals surface area contributed by atoms with E-state index < -0.39 is 112 Å². The molecular formula is C38H50N2O16. The minimum absolute atomic E-state index is 0.0251. The Morgan fingerprint density at radius 2 is 0.786 bits per heavy atom. The van der Waals surface area contributed by atoms with Crippen molar-refractivity contribution >= 4 is 48.0 Å². The fraction of sp³-hybridized carbons (Fsp3) is 0.474. The van der Waals surface area contributed by atoms with E-state index in [0.717, 1.165) is 18.2 Å². The van der Waals surface area contributed by atoms with Crippen molar-refractivity contribution < 1.29 is 76.3 Å². The van der Waals surface area contributed by atoms with Crippen LogP contribution in [0.1, 0.15) is 51.2 Å². The lowest BCUT2D eigenvalue weighted by Gasteiger charge is -2.31. The summed E-state index contributed by atoms with van der Waals surface area (Å²) in [5.41, 5.74) is -1.72. The Hall–Kier alpha value is -6.20. The number of alkyl carbamates (subject to hydrolysis) is 2. The number of carbonyl (C=O) groups excluding carboxylic acids is 8. The van der Waals surface area contributed by atoms with Gasteiger partial charge in [0.15, 0.2) is 0 Å². The quantitative estimate of drug-likeness (QED) is 0.0779. The van der Waals surface area contributed by atoms with E-state index in [0.29, 0.717) is 11.1 Å². The van der Waals surface area contributed by atoms with Crippen molar-refractivity contribution in [3.8, 4) is 0 Å². The maximum Gasteiger partial charge on any atom is 0.407 e. The molecule has 0 aliphatic rings. The van der Waals surface area contributed by atoms with E-state index in [1.165, 1.54) is 0 Å². The highest BCUT2D eigenvalue weighted by Crippen LogP contribution is 2.23. The van der Waals surface area contributed by atoms with E-state index in [1.54, 1.807) is 45.0 Å². The van der Waals surface area contributed by atoms with Crippen LogP contribution in [0.3, 0.4) is 0 Å². The van der Waals surface area contributed by atoms with Crippen LogP contribution >= 0.6 is 0 Å². The summed E-state index contributed by atoms with van der Waals surface area (Å²) >= 11 is 0. The van der Waals surface area contributed by atoms with Crippen LogP contribution in [0.5, 0.6) is 0 Å². The largest absolute Gasteiger partial charge is 0.465 e. The molecule has 18 nitrogen and oxygen atoms in total. The molecule has 0 radical (unpaired) electrons. The van der Waals surface area contributed by atoms with Gasteiger partial charge in [-0.05, 0) is 11.1 Å². The number of esters is 6. The molecule has 1 rings (SSSR count). The van der Waals surface area contributed by atoms with E-state index >= 15 is 0 Å². The fourth-order valence-electron chi connectivity index (χ4n) is 4.09. The molecule has 0 unspecified atom stereocenters. The summed E-state index contributed by atoms with van der Waals surface area (Å²) < 4.78 is 41.9. The molecule has 0 aliphatic carbocycles. The van der Waals surface area contributed by atoms with Crippen molar-refractivity contribution in [1.29, 1.82) is 0 Å². The van der Waals surface area contributed by atoms with E-state index in [1.807, 2.05) is 0 Å². The average Bonchev–Trinajstić information content (AvgIpc) is 3.22. The van der Waals surface area contributed by atoms with Gasteiger partial charge in [-0.25, -0.2) is 24.0 Å². The number of benzene rings is 1. The Balaban J connectivity index is 2.96. The number of rotatable bonds is 26. The van der Waals surface area contributed by atoms with E-state index in [4.69, 9.17) is 37.9 Å². The number of ether oxygens (including phenoxy) is 8. The summed E-state index contributed by atoms with van der Waals surface area (Å²) in [4.78, 5) is 96.8. The Labute approximate surface area is 324 Å². The summed E-state index contributed by atoms with van der Waals surface area (Å²) in [5, 5.41) is 5.13. The number of amides is 2. The first-order valence-electron chi connectivity index (χ1n) is 17.4. The fourth-order valence-corrected chi connectivity index (χ4v) is 4.09. The van der Waals surface area contributed by atoms with Gasteiger partial charge in [-0.1, -0.05) is 64.8 Å². The summed E-state index contributed by atoms with van der Waals surface area (Å²) in [7, 11) is 0. The lowest BCUT2D eigenvalue weighted by atomic mass is 9.92. The Morgan fingerprint density at radius 1 is 0.500 bits per heavy atom. The van der Waals surface area contributed by atoms with Crippen molar-refractivity contribution in [2.24, 2.45) is 10.8 Å². The summed E-state index contributed by atoms with van der Waals surface area (Å²) in [6, 6.07) is 6.72. The van der Waals surface area contributed by atoms with Gasteiger partial charge in [0.25, 0.3) is 0 Å². The van der Waals surface area contributed by atoms with Gasteiger partial charge in [0.1, 0.15) is 63.7 Å². The smallest absolute Gasteiger partial charge is 0.407 e. The van der Waals surface area contributed by atoms with E-state index in [-0.39, 0.29) is 32.4 Å². The maximum absolute atomic E-state index is 12.8. The molecule has 1 aromatic rings. The number of carbonyl (C=O) groups is 8. The highest BCUT2D eigenvalue weighted by molar-refractivity contribution is 5.82. The zero-order chi connectivity index (χ0) is 42.0. The van der Waals surface area contributed by atoms with E-state index in [2.05, 4.69) is 30.4 Å². The van der Waals surface area contributed by atoms with Gasteiger partial charge < -0.3 is 48.5 Å². The van der Waals surface area contributed by atoms with Gasteiger partial charge in [-0.2, -0.15) is 0 Å². The Morgan fingerprint density at radius 3 is 1.07 bits per heavy atom. The predicted molar refractivity (Wildman–Crippen MR) is 195 cm³/mol. The molecular weight excluding hydrogens is 740 g/mol. The number of nitrogens with one attached hydrogen (secondary N) is 2. The summed E-state index contributed by atoms with van der Waals surface area (Å²) in [5.74, 6) is -4.20. The third-order valence-electron chi connectivity index (χ3n) is 7.43. The molecule has 0 bridgehead atoms. The lowest BCUT2D eigenvalue weighted by Crippen LogP contribution is -2.44.